The van der Waals surface area contributed by atoms with Crippen LogP contribution in [0, 0.1) is 18.8 Å². The van der Waals surface area contributed by atoms with E-state index in [4.69, 9.17) is 11.6 Å². The molecule has 0 spiro atoms. The molecule has 0 radical (unpaired) electrons. The van der Waals surface area contributed by atoms with Gasteiger partial charge in [0.25, 0.3) is 5.91 Å². The summed E-state index contributed by atoms with van der Waals surface area (Å²) < 4.78 is 0. The Hall–Kier alpha value is -1.06. The van der Waals surface area contributed by atoms with E-state index in [-0.39, 0.29) is 5.91 Å². The molecule has 1 aliphatic heterocycles. The van der Waals surface area contributed by atoms with E-state index in [1.54, 1.807) is 0 Å². The Bertz CT molecular complexity index is 546. The number of hydrogen-bond acceptors (Lipinski definition) is 1. The summed E-state index contributed by atoms with van der Waals surface area (Å²) in [6.45, 7) is 4.89. The minimum absolute atomic E-state index is 0.106. The zero-order chi connectivity index (χ0) is 15.5. The summed E-state index contributed by atoms with van der Waals surface area (Å²) in [6.07, 6.45) is 6.85. The van der Waals surface area contributed by atoms with Crippen molar-refractivity contribution in [2.24, 2.45) is 11.8 Å². The SMILES string of the molecule is Cc1ccc(Cl)cc1NC(=O)C[NH+]1CC[C@@H]2CCCC[C@@H]2C1. The van der Waals surface area contributed by atoms with Crippen LogP contribution in [-0.2, 0) is 4.79 Å². The molecule has 0 bridgehead atoms. The van der Waals surface area contributed by atoms with Gasteiger partial charge in [0.05, 0.1) is 13.1 Å². The highest BCUT2D eigenvalue weighted by molar-refractivity contribution is 6.31. The smallest absolute Gasteiger partial charge is 0.279 e. The average molecular weight is 322 g/mol. The number of halogens is 1. The van der Waals surface area contributed by atoms with Crippen LogP contribution in [0.5, 0.6) is 0 Å². The minimum Gasteiger partial charge on any atom is -0.327 e. The Morgan fingerprint density at radius 1 is 1.27 bits per heavy atom. The van der Waals surface area contributed by atoms with Gasteiger partial charge in [0.15, 0.2) is 6.54 Å². The molecule has 120 valence electrons. The Morgan fingerprint density at radius 3 is 2.86 bits per heavy atom. The third-order valence-electron chi connectivity index (χ3n) is 5.37. The quantitative estimate of drug-likeness (QED) is 0.881. The zero-order valence-corrected chi connectivity index (χ0v) is 14.1. The Balaban J connectivity index is 1.54. The van der Waals surface area contributed by atoms with Gasteiger partial charge in [0, 0.05) is 16.6 Å². The normalized spacial score (nSPS) is 28.0. The molecule has 22 heavy (non-hydrogen) atoms. The number of anilines is 1. The molecule has 1 amide bonds. The number of amides is 1. The molecule has 2 N–H and O–H groups in total. The summed E-state index contributed by atoms with van der Waals surface area (Å²) in [5, 5.41) is 3.69. The van der Waals surface area contributed by atoms with Crippen molar-refractivity contribution in [3.05, 3.63) is 28.8 Å². The van der Waals surface area contributed by atoms with E-state index in [1.807, 2.05) is 25.1 Å². The number of quaternary nitrogens is 1. The molecule has 1 aromatic carbocycles. The number of carbonyl (C=O) groups excluding carboxylic acids is 1. The van der Waals surface area contributed by atoms with Crippen LogP contribution in [0.2, 0.25) is 5.02 Å². The molecule has 1 heterocycles. The lowest BCUT2D eigenvalue weighted by Crippen LogP contribution is -3.15. The molecule has 1 saturated heterocycles. The number of aryl methyl sites for hydroxylation is 1. The monoisotopic (exact) mass is 321 g/mol. The van der Waals surface area contributed by atoms with Crippen LogP contribution in [-0.4, -0.2) is 25.5 Å². The number of rotatable bonds is 3. The number of carbonyl (C=O) groups is 1. The fourth-order valence-corrected chi connectivity index (χ4v) is 4.28. The Kier molecular flexibility index (Phi) is 5.04. The van der Waals surface area contributed by atoms with E-state index in [9.17, 15) is 4.79 Å². The largest absolute Gasteiger partial charge is 0.327 e. The van der Waals surface area contributed by atoms with Gasteiger partial charge >= 0.3 is 0 Å². The molecule has 3 rings (SSSR count). The predicted molar refractivity (Wildman–Crippen MR) is 90.4 cm³/mol. The van der Waals surface area contributed by atoms with Gasteiger partial charge in [-0.05, 0) is 49.8 Å². The number of piperidine rings is 1. The van der Waals surface area contributed by atoms with Crippen molar-refractivity contribution in [3.8, 4) is 0 Å². The van der Waals surface area contributed by atoms with Crippen molar-refractivity contribution >= 4 is 23.2 Å². The third kappa shape index (κ3) is 3.82. The van der Waals surface area contributed by atoms with Gasteiger partial charge in [-0.15, -0.1) is 0 Å². The third-order valence-corrected chi connectivity index (χ3v) is 5.61. The van der Waals surface area contributed by atoms with Crippen LogP contribution in [0.15, 0.2) is 18.2 Å². The Labute approximate surface area is 138 Å². The van der Waals surface area contributed by atoms with Gasteiger partial charge in [0.2, 0.25) is 0 Å². The lowest BCUT2D eigenvalue weighted by molar-refractivity contribution is -0.902. The van der Waals surface area contributed by atoms with Crippen LogP contribution in [0.3, 0.4) is 0 Å². The van der Waals surface area contributed by atoms with Crippen molar-refractivity contribution in [2.75, 3.05) is 25.0 Å². The number of hydrogen-bond donors (Lipinski definition) is 2. The summed E-state index contributed by atoms with van der Waals surface area (Å²) in [7, 11) is 0. The second-order valence-electron chi connectivity index (χ2n) is 6.98. The first-order valence-electron chi connectivity index (χ1n) is 8.51. The second kappa shape index (κ2) is 7.01. The van der Waals surface area contributed by atoms with Crippen LogP contribution >= 0.6 is 11.6 Å². The number of likely N-dealkylation sites (tertiary alicyclic amines) is 1. The van der Waals surface area contributed by atoms with Crippen molar-refractivity contribution < 1.29 is 9.69 Å². The van der Waals surface area contributed by atoms with Crippen LogP contribution < -0.4 is 10.2 Å². The maximum Gasteiger partial charge on any atom is 0.279 e. The molecule has 2 fully saturated rings. The maximum atomic E-state index is 12.3. The molecule has 3 atom stereocenters. The van der Waals surface area contributed by atoms with Gasteiger partial charge in [0.1, 0.15) is 0 Å². The zero-order valence-electron chi connectivity index (χ0n) is 13.3. The molecule has 1 unspecified atom stereocenters. The number of benzene rings is 1. The molecule has 1 aromatic rings. The highest BCUT2D eigenvalue weighted by Gasteiger charge is 2.34. The molecule has 2 aliphatic rings. The fourth-order valence-electron chi connectivity index (χ4n) is 4.11. The first-order valence-corrected chi connectivity index (χ1v) is 8.89. The lowest BCUT2D eigenvalue weighted by atomic mass is 9.75. The van der Waals surface area contributed by atoms with Crippen LogP contribution in [0.1, 0.15) is 37.7 Å². The van der Waals surface area contributed by atoms with E-state index < -0.39 is 0 Å². The standard InChI is InChI=1S/C18H25ClN2O/c1-13-6-7-16(19)10-17(13)20-18(22)12-21-9-8-14-4-2-3-5-15(14)11-21/h6-7,10,14-15H,2-5,8-9,11-12H2,1H3,(H,20,22)/p+1/t14-,15+/m0/s1. The summed E-state index contributed by atoms with van der Waals surface area (Å²) >= 11 is 6.01. The highest BCUT2D eigenvalue weighted by atomic mass is 35.5. The summed E-state index contributed by atoms with van der Waals surface area (Å²) in [4.78, 5) is 13.8. The molecule has 1 saturated carbocycles. The van der Waals surface area contributed by atoms with Crippen molar-refractivity contribution in [3.63, 3.8) is 0 Å². The van der Waals surface area contributed by atoms with Crippen LogP contribution in [0.4, 0.5) is 5.69 Å². The lowest BCUT2D eigenvalue weighted by Gasteiger charge is -2.38. The van der Waals surface area contributed by atoms with Crippen molar-refractivity contribution in [2.45, 2.75) is 39.0 Å². The van der Waals surface area contributed by atoms with E-state index in [2.05, 4.69) is 5.32 Å². The van der Waals surface area contributed by atoms with E-state index >= 15 is 0 Å². The highest BCUT2D eigenvalue weighted by Crippen LogP contribution is 2.32. The van der Waals surface area contributed by atoms with E-state index in [1.165, 1.54) is 43.5 Å². The molecule has 3 nitrogen and oxygen atoms in total. The molecular formula is C18H26ClN2O+. The van der Waals surface area contributed by atoms with Gasteiger partial charge in [-0.2, -0.15) is 0 Å². The second-order valence-corrected chi connectivity index (χ2v) is 7.42. The summed E-state index contributed by atoms with van der Waals surface area (Å²) in [5.74, 6) is 1.88. The first-order chi connectivity index (χ1) is 10.6. The van der Waals surface area contributed by atoms with Crippen LogP contribution in [0.25, 0.3) is 0 Å². The molecule has 0 aromatic heterocycles. The molecule has 4 heteroatoms. The predicted octanol–water partition coefficient (Wildman–Crippen LogP) is 2.68. The first kappa shape index (κ1) is 15.8. The van der Waals surface area contributed by atoms with E-state index in [0.717, 1.165) is 29.6 Å². The molecular weight excluding hydrogens is 296 g/mol. The minimum atomic E-state index is 0.106. The van der Waals surface area contributed by atoms with Gasteiger partial charge in [-0.3, -0.25) is 4.79 Å². The number of nitrogens with one attached hydrogen (secondary N) is 2. The van der Waals surface area contributed by atoms with Gasteiger partial charge < -0.3 is 10.2 Å². The summed E-state index contributed by atoms with van der Waals surface area (Å²) in [5.41, 5.74) is 1.89. The van der Waals surface area contributed by atoms with Gasteiger partial charge in [-0.25, -0.2) is 0 Å². The fraction of sp³-hybridized carbons (Fsp3) is 0.611. The number of fused-ring (bicyclic) bond motifs is 1. The summed E-state index contributed by atoms with van der Waals surface area (Å²) in [6, 6.07) is 5.63. The van der Waals surface area contributed by atoms with E-state index in [0.29, 0.717) is 11.6 Å². The molecule has 1 aliphatic carbocycles. The topological polar surface area (TPSA) is 33.5 Å². The average Bonchev–Trinajstić information content (AvgIpc) is 2.51. The van der Waals surface area contributed by atoms with Crippen molar-refractivity contribution in [1.29, 1.82) is 0 Å². The Morgan fingerprint density at radius 2 is 2.05 bits per heavy atom. The maximum absolute atomic E-state index is 12.3. The van der Waals surface area contributed by atoms with Crippen molar-refractivity contribution in [1.82, 2.24) is 0 Å². The van der Waals surface area contributed by atoms with Gasteiger partial charge in [-0.1, -0.05) is 30.5 Å².